The number of aliphatic hydroxyl groups is 1. The van der Waals surface area contributed by atoms with Gasteiger partial charge in [-0.2, -0.15) is 0 Å². The molecule has 0 bridgehead atoms. The molecule has 1 heteroatoms. The zero-order valence-electron chi connectivity index (χ0n) is 8.65. The Balaban J connectivity index is 2.86. The van der Waals surface area contributed by atoms with Crippen LogP contribution in [0, 0.1) is 5.41 Å². The van der Waals surface area contributed by atoms with Crippen molar-refractivity contribution in [2.75, 3.05) is 0 Å². The summed E-state index contributed by atoms with van der Waals surface area (Å²) in [6.07, 6.45) is 5.13. The molecule has 0 fully saturated rings. The predicted molar refractivity (Wildman–Crippen MR) is 52.0 cm³/mol. The topological polar surface area (TPSA) is 20.2 Å². The highest BCUT2D eigenvalue weighted by Gasteiger charge is 2.34. The summed E-state index contributed by atoms with van der Waals surface area (Å²) in [7, 11) is 0. The van der Waals surface area contributed by atoms with Crippen LogP contribution in [0.5, 0.6) is 0 Å². The molecule has 0 aromatic carbocycles. The maximum absolute atomic E-state index is 9.97. The number of hydrogen-bond donors (Lipinski definition) is 1. The monoisotopic (exact) mass is 168 g/mol. The Labute approximate surface area is 75.5 Å². The first kappa shape index (κ1) is 9.79. The van der Waals surface area contributed by atoms with Gasteiger partial charge in [0.15, 0.2) is 0 Å². The van der Waals surface area contributed by atoms with E-state index in [1.165, 1.54) is 5.57 Å². The lowest BCUT2D eigenvalue weighted by Gasteiger charge is -2.38. The molecule has 12 heavy (non-hydrogen) atoms. The molecule has 1 atom stereocenters. The summed E-state index contributed by atoms with van der Waals surface area (Å²) >= 11 is 0. The third-order valence-electron chi connectivity index (χ3n) is 2.49. The van der Waals surface area contributed by atoms with Gasteiger partial charge in [0.25, 0.3) is 0 Å². The average Bonchev–Trinajstić information content (AvgIpc) is 1.80. The summed E-state index contributed by atoms with van der Waals surface area (Å²) in [6, 6.07) is 0. The van der Waals surface area contributed by atoms with Gasteiger partial charge >= 0.3 is 0 Å². The van der Waals surface area contributed by atoms with E-state index in [1.54, 1.807) is 0 Å². The van der Waals surface area contributed by atoms with Crippen LogP contribution in [0.25, 0.3) is 0 Å². The average molecular weight is 168 g/mol. The Bertz CT molecular complexity index is 199. The van der Waals surface area contributed by atoms with Gasteiger partial charge in [0.2, 0.25) is 0 Å². The number of hydrogen-bond acceptors (Lipinski definition) is 1. The van der Waals surface area contributed by atoms with Gasteiger partial charge in [0.1, 0.15) is 0 Å². The molecular weight excluding hydrogens is 148 g/mol. The van der Waals surface area contributed by atoms with Crippen molar-refractivity contribution in [2.24, 2.45) is 5.41 Å². The second-order valence-electron chi connectivity index (χ2n) is 5.00. The van der Waals surface area contributed by atoms with Gasteiger partial charge in [0.05, 0.1) is 5.60 Å². The third kappa shape index (κ3) is 2.34. The molecule has 0 amide bonds. The van der Waals surface area contributed by atoms with E-state index < -0.39 is 5.60 Å². The maximum Gasteiger partial charge on any atom is 0.0664 e. The minimum Gasteiger partial charge on any atom is -0.390 e. The molecule has 1 N–H and O–H groups in total. The van der Waals surface area contributed by atoms with E-state index >= 15 is 0 Å². The van der Waals surface area contributed by atoms with E-state index in [0.717, 1.165) is 19.3 Å². The number of allylic oxidation sites excluding steroid dienone is 1. The minimum absolute atomic E-state index is 0.174. The molecule has 70 valence electrons. The molecule has 1 rings (SSSR count). The summed E-state index contributed by atoms with van der Waals surface area (Å²) in [5.41, 5.74) is 1.09. The van der Waals surface area contributed by atoms with Crippen molar-refractivity contribution in [3.63, 3.8) is 0 Å². The van der Waals surface area contributed by atoms with Crippen molar-refractivity contribution in [1.29, 1.82) is 0 Å². The van der Waals surface area contributed by atoms with Crippen molar-refractivity contribution >= 4 is 0 Å². The van der Waals surface area contributed by atoms with Crippen LogP contribution in [-0.2, 0) is 0 Å². The molecule has 0 aliphatic heterocycles. The van der Waals surface area contributed by atoms with Gasteiger partial charge < -0.3 is 5.11 Å². The molecule has 1 unspecified atom stereocenters. The molecule has 0 saturated heterocycles. The molecular formula is C11H20O. The van der Waals surface area contributed by atoms with Crippen molar-refractivity contribution in [3.8, 4) is 0 Å². The van der Waals surface area contributed by atoms with E-state index in [0.29, 0.717) is 0 Å². The Hall–Kier alpha value is -0.300. The normalized spacial score (nSPS) is 34.6. The van der Waals surface area contributed by atoms with Crippen LogP contribution in [0.1, 0.15) is 47.0 Å². The molecule has 1 aliphatic carbocycles. The lowest BCUT2D eigenvalue weighted by molar-refractivity contribution is 0.0168. The summed E-state index contributed by atoms with van der Waals surface area (Å²) in [4.78, 5) is 0. The Morgan fingerprint density at radius 3 is 2.42 bits per heavy atom. The molecule has 0 radical (unpaired) electrons. The fraction of sp³-hybridized carbons (Fsp3) is 0.818. The lowest BCUT2D eigenvalue weighted by Crippen LogP contribution is -2.34. The van der Waals surface area contributed by atoms with Crippen LogP contribution in [0.2, 0.25) is 0 Å². The van der Waals surface area contributed by atoms with E-state index in [-0.39, 0.29) is 5.41 Å². The zero-order valence-corrected chi connectivity index (χ0v) is 8.65. The van der Waals surface area contributed by atoms with Crippen LogP contribution in [0.3, 0.4) is 0 Å². The van der Waals surface area contributed by atoms with Crippen LogP contribution in [0.15, 0.2) is 11.6 Å². The standard InChI is InChI=1S/C11H20O/c1-5-9-6-10(2,3)8-11(4,12)7-9/h6,12H,5,7-8H2,1-4H3. The second kappa shape index (κ2) is 2.88. The summed E-state index contributed by atoms with van der Waals surface area (Å²) in [5.74, 6) is 0. The van der Waals surface area contributed by atoms with Crippen LogP contribution in [-0.4, -0.2) is 10.7 Å². The summed E-state index contributed by atoms with van der Waals surface area (Å²) in [6.45, 7) is 8.48. The Kier molecular flexibility index (Phi) is 2.35. The van der Waals surface area contributed by atoms with Crippen molar-refractivity contribution in [3.05, 3.63) is 11.6 Å². The van der Waals surface area contributed by atoms with Gasteiger partial charge in [-0.3, -0.25) is 0 Å². The third-order valence-corrected chi connectivity index (χ3v) is 2.49. The molecule has 0 saturated carbocycles. The van der Waals surface area contributed by atoms with Crippen molar-refractivity contribution in [1.82, 2.24) is 0 Å². The predicted octanol–water partition coefficient (Wildman–Crippen LogP) is 2.89. The summed E-state index contributed by atoms with van der Waals surface area (Å²) < 4.78 is 0. The van der Waals surface area contributed by atoms with Crippen LogP contribution in [0.4, 0.5) is 0 Å². The second-order valence-corrected chi connectivity index (χ2v) is 5.00. The van der Waals surface area contributed by atoms with Gasteiger partial charge in [-0.15, -0.1) is 0 Å². The Morgan fingerprint density at radius 1 is 1.42 bits per heavy atom. The smallest absolute Gasteiger partial charge is 0.0664 e. The van der Waals surface area contributed by atoms with Gasteiger partial charge in [-0.25, -0.2) is 0 Å². The molecule has 0 aromatic rings. The molecule has 1 aliphatic rings. The SMILES string of the molecule is CCC1=CC(C)(C)CC(C)(O)C1. The van der Waals surface area contributed by atoms with E-state index in [2.05, 4.69) is 26.8 Å². The highest BCUT2D eigenvalue weighted by Crippen LogP contribution is 2.39. The fourth-order valence-electron chi connectivity index (χ4n) is 2.41. The summed E-state index contributed by atoms with van der Waals surface area (Å²) in [5, 5.41) is 9.97. The highest BCUT2D eigenvalue weighted by molar-refractivity contribution is 5.16. The lowest BCUT2D eigenvalue weighted by atomic mass is 9.72. The largest absolute Gasteiger partial charge is 0.390 e. The zero-order chi connectivity index (χ0) is 9.41. The highest BCUT2D eigenvalue weighted by atomic mass is 16.3. The molecule has 0 aromatic heterocycles. The minimum atomic E-state index is -0.483. The van der Waals surface area contributed by atoms with Crippen molar-refractivity contribution in [2.45, 2.75) is 52.6 Å². The van der Waals surface area contributed by atoms with Gasteiger partial charge in [-0.05, 0) is 31.6 Å². The van der Waals surface area contributed by atoms with E-state index in [9.17, 15) is 5.11 Å². The quantitative estimate of drug-likeness (QED) is 0.597. The van der Waals surface area contributed by atoms with Gasteiger partial charge in [-0.1, -0.05) is 32.4 Å². The molecule has 0 heterocycles. The first-order valence-corrected chi connectivity index (χ1v) is 4.78. The first-order chi connectivity index (χ1) is 5.35. The molecule has 0 spiro atoms. The van der Waals surface area contributed by atoms with Gasteiger partial charge in [0, 0.05) is 0 Å². The van der Waals surface area contributed by atoms with E-state index in [4.69, 9.17) is 0 Å². The Morgan fingerprint density at radius 2 is 2.00 bits per heavy atom. The molecule has 1 nitrogen and oxygen atoms in total. The van der Waals surface area contributed by atoms with Crippen LogP contribution < -0.4 is 0 Å². The first-order valence-electron chi connectivity index (χ1n) is 4.78. The maximum atomic E-state index is 9.97. The van der Waals surface area contributed by atoms with E-state index in [1.807, 2.05) is 6.92 Å². The van der Waals surface area contributed by atoms with Crippen LogP contribution >= 0.6 is 0 Å². The van der Waals surface area contributed by atoms with Crippen molar-refractivity contribution < 1.29 is 5.11 Å². The fourth-order valence-corrected chi connectivity index (χ4v) is 2.41. The number of rotatable bonds is 1.